The average molecular weight is 467 g/mol. The van der Waals surface area contributed by atoms with Crippen molar-refractivity contribution in [3.8, 4) is 0 Å². The van der Waals surface area contributed by atoms with E-state index >= 15 is 0 Å². The van der Waals surface area contributed by atoms with Crippen LogP contribution in [0.25, 0.3) is 0 Å². The van der Waals surface area contributed by atoms with Gasteiger partial charge in [0.05, 0.1) is 37.1 Å². The van der Waals surface area contributed by atoms with Crippen LogP contribution in [0.1, 0.15) is 72.1 Å². The zero-order valence-corrected chi connectivity index (χ0v) is 20.4. The van der Waals surface area contributed by atoms with E-state index in [1.165, 1.54) is 5.57 Å². The molecule has 6 rings (SSSR count). The summed E-state index contributed by atoms with van der Waals surface area (Å²) in [4.78, 5) is 0. The molecule has 6 unspecified atom stereocenters. The largest absolute Gasteiger partial charge is 0.394 e. The summed E-state index contributed by atoms with van der Waals surface area (Å²) in [6, 6.07) is 0. The van der Waals surface area contributed by atoms with Gasteiger partial charge in [-0.2, -0.15) is 0 Å². The molecule has 7 heteroatoms. The first-order valence-electron chi connectivity index (χ1n) is 13.1. The number of rotatable bonds is 8. The molecule has 6 fully saturated rings. The Bertz CT molecular complexity index is 715. The van der Waals surface area contributed by atoms with E-state index in [-0.39, 0.29) is 37.1 Å². The standard InChI is InChI=1S/C26H42O7/c1-5-19-16(4)14(2)10-17(29-19)6-7-20-15(3)11-18(30-20)8-9-26-12-21-25(33-26)23(28)24(31-21)22(13-27)32-26/h14-15,17-25,27-28H,4-13H2,1-3H3/t14-,15?,17+,18+,19?,20+,21?,22?,23?,24?,25+,26-/m0/s1. The van der Waals surface area contributed by atoms with Crippen molar-refractivity contribution in [1.29, 1.82) is 0 Å². The van der Waals surface area contributed by atoms with Crippen LogP contribution >= 0.6 is 0 Å². The molecule has 0 saturated carbocycles. The van der Waals surface area contributed by atoms with Crippen LogP contribution in [0.2, 0.25) is 0 Å². The third kappa shape index (κ3) is 4.55. The van der Waals surface area contributed by atoms with Crippen molar-refractivity contribution in [2.45, 2.75) is 133 Å². The smallest absolute Gasteiger partial charge is 0.172 e. The second kappa shape index (κ2) is 9.49. The van der Waals surface area contributed by atoms with E-state index in [9.17, 15) is 10.2 Å². The summed E-state index contributed by atoms with van der Waals surface area (Å²) in [5.41, 5.74) is 1.25. The van der Waals surface area contributed by atoms with Crippen molar-refractivity contribution in [3.05, 3.63) is 12.2 Å². The number of fused-ring (bicyclic) bond motifs is 1. The quantitative estimate of drug-likeness (QED) is 0.532. The Morgan fingerprint density at radius 2 is 1.76 bits per heavy atom. The molecular weight excluding hydrogens is 424 g/mol. The highest BCUT2D eigenvalue weighted by Gasteiger charge is 2.63. The van der Waals surface area contributed by atoms with Gasteiger partial charge in [0.15, 0.2) is 5.79 Å². The average Bonchev–Trinajstić information content (AvgIpc) is 3.35. The first-order valence-corrected chi connectivity index (χ1v) is 13.1. The monoisotopic (exact) mass is 466 g/mol. The second-order valence-electron chi connectivity index (χ2n) is 11.2. The molecule has 0 aromatic carbocycles. The van der Waals surface area contributed by atoms with Gasteiger partial charge >= 0.3 is 0 Å². The van der Waals surface area contributed by atoms with Crippen LogP contribution in [0.5, 0.6) is 0 Å². The molecule has 0 aliphatic carbocycles. The summed E-state index contributed by atoms with van der Waals surface area (Å²) < 4.78 is 31.1. The number of hydrogen-bond donors (Lipinski definition) is 2. The normalized spacial score (nSPS) is 51.4. The Morgan fingerprint density at radius 1 is 0.970 bits per heavy atom. The minimum atomic E-state index is -0.788. The zero-order chi connectivity index (χ0) is 23.3. The number of hydrogen-bond acceptors (Lipinski definition) is 7. The van der Waals surface area contributed by atoms with Gasteiger partial charge in [0, 0.05) is 12.8 Å². The molecule has 0 amide bonds. The molecule has 0 radical (unpaired) electrons. The summed E-state index contributed by atoms with van der Waals surface area (Å²) in [5.74, 6) is 0.248. The summed E-state index contributed by atoms with van der Waals surface area (Å²) >= 11 is 0. The van der Waals surface area contributed by atoms with Crippen LogP contribution in [0.15, 0.2) is 12.2 Å². The van der Waals surface area contributed by atoms with Crippen molar-refractivity contribution in [3.63, 3.8) is 0 Å². The molecule has 7 nitrogen and oxygen atoms in total. The second-order valence-corrected chi connectivity index (χ2v) is 11.2. The van der Waals surface area contributed by atoms with Gasteiger partial charge in [-0.1, -0.05) is 27.4 Å². The number of aliphatic hydroxyl groups is 2. The highest BCUT2D eigenvalue weighted by molar-refractivity contribution is 5.10. The molecule has 0 aromatic heterocycles. The van der Waals surface area contributed by atoms with E-state index in [4.69, 9.17) is 23.7 Å². The molecule has 188 valence electrons. The molecule has 6 saturated heterocycles. The predicted octanol–water partition coefficient (Wildman–Crippen LogP) is 3.10. The minimum absolute atomic E-state index is 0.154. The third-order valence-electron chi connectivity index (χ3n) is 8.79. The highest BCUT2D eigenvalue weighted by atomic mass is 16.8. The Kier molecular flexibility index (Phi) is 6.95. The van der Waals surface area contributed by atoms with Crippen molar-refractivity contribution in [2.24, 2.45) is 11.8 Å². The summed E-state index contributed by atoms with van der Waals surface area (Å²) in [6.45, 7) is 10.8. The van der Waals surface area contributed by atoms with Gasteiger partial charge in [0.2, 0.25) is 0 Å². The van der Waals surface area contributed by atoms with Gasteiger partial charge < -0.3 is 33.9 Å². The fourth-order valence-corrected chi connectivity index (χ4v) is 6.82. The molecular formula is C26H42O7. The van der Waals surface area contributed by atoms with Crippen molar-refractivity contribution < 1.29 is 33.9 Å². The topological polar surface area (TPSA) is 86.6 Å². The van der Waals surface area contributed by atoms with Crippen LogP contribution in [-0.4, -0.2) is 77.5 Å². The fourth-order valence-electron chi connectivity index (χ4n) is 6.82. The minimum Gasteiger partial charge on any atom is -0.394 e. The molecule has 12 atom stereocenters. The van der Waals surface area contributed by atoms with Gasteiger partial charge in [-0.3, -0.25) is 0 Å². The van der Waals surface area contributed by atoms with E-state index in [1.807, 2.05) is 0 Å². The fraction of sp³-hybridized carbons (Fsp3) is 0.923. The first-order chi connectivity index (χ1) is 15.8. The van der Waals surface area contributed by atoms with Crippen LogP contribution in [0.3, 0.4) is 0 Å². The molecule has 2 N–H and O–H groups in total. The maximum atomic E-state index is 10.5. The SMILES string of the molecule is C=C1C(CC)O[C@H](CC[C@H]2O[C@H](CC[C@]34CC5OC(C(CO)O3)C(O)[C@@H]5O4)CC2C)C[C@@H]1C. The van der Waals surface area contributed by atoms with Crippen LogP contribution in [0.4, 0.5) is 0 Å². The molecule has 0 spiro atoms. The van der Waals surface area contributed by atoms with E-state index in [2.05, 4.69) is 27.4 Å². The Labute approximate surface area is 197 Å². The molecule has 33 heavy (non-hydrogen) atoms. The summed E-state index contributed by atoms with van der Waals surface area (Å²) in [6.07, 6.45) is 5.89. The maximum absolute atomic E-state index is 10.5. The lowest BCUT2D eigenvalue weighted by Gasteiger charge is -2.36. The van der Waals surface area contributed by atoms with Crippen molar-refractivity contribution in [1.82, 2.24) is 0 Å². The van der Waals surface area contributed by atoms with E-state index in [0.717, 1.165) is 38.5 Å². The van der Waals surface area contributed by atoms with Crippen LogP contribution in [-0.2, 0) is 23.7 Å². The Hall–Kier alpha value is -0.540. The molecule has 4 bridgehead atoms. The lowest BCUT2D eigenvalue weighted by Crippen LogP contribution is -2.42. The molecule has 6 heterocycles. The van der Waals surface area contributed by atoms with Crippen molar-refractivity contribution in [2.75, 3.05) is 6.61 Å². The Balaban J connectivity index is 1.12. The van der Waals surface area contributed by atoms with Crippen molar-refractivity contribution >= 4 is 0 Å². The van der Waals surface area contributed by atoms with E-state index < -0.39 is 24.1 Å². The van der Waals surface area contributed by atoms with Gasteiger partial charge in [-0.25, -0.2) is 0 Å². The Morgan fingerprint density at radius 3 is 2.48 bits per heavy atom. The lowest BCUT2D eigenvalue weighted by atomic mass is 9.85. The van der Waals surface area contributed by atoms with E-state index in [1.54, 1.807) is 0 Å². The zero-order valence-electron chi connectivity index (χ0n) is 20.4. The van der Waals surface area contributed by atoms with Gasteiger partial charge in [0.25, 0.3) is 0 Å². The lowest BCUT2D eigenvalue weighted by molar-refractivity contribution is -0.256. The van der Waals surface area contributed by atoms with Gasteiger partial charge in [-0.05, 0) is 55.9 Å². The van der Waals surface area contributed by atoms with E-state index in [0.29, 0.717) is 30.8 Å². The van der Waals surface area contributed by atoms with Crippen LogP contribution < -0.4 is 0 Å². The molecule has 6 aliphatic heterocycles. The van der Waals surface area contributed by atoms with Crippen LogP contribution in [0, 0.1) is 11.8 Å². The molecule has 0 aromatic rings. The maximum Gasteiger partial charge on any atom is 0.172 e. The van der Waals surface area contributed by atoms with Gasteiger partial charge in [0.1, 0.15) is 24.4 Å². The van der Waals surface area contributed by atoms with Gasteiger partial charge in [-0.15, -0.1) is 0 Å². The number of aliphatic hydroxyl groups excluding tert-OH is 2. The number of ether oxygens (including phenoxy) is 5. The summed E-state index contributed by atoms with van der Waals surface area (Å²) in [5, 5.41) is 20.3. The highest BCUT2D eigenvalue weighted by Crippen LogP contribution is 2.49. The molecule has 6 aliphatic rings. The first kappa shape index (κ1) is 24.2. The summed E-state index contributed by atoms with van der Waals surface area (Å²) in [7, 11) is 0. The predicted molar refractivity (Wildman–Crippen MR) is 122 cm³/mol. The third-order valence-corrected chi connectivity index (χ3v) is 8.79.